The summed E-state index contributed by atoms with van der Waals surface area (Å²) < 4.78 is 1.72. The third kappa shape index (κ3) is 4.08. The average Bonchev–Trinajstić information content (AvgIpc) is 2.90. The molecule has 6 nitrogen and oxygen atoms in total. The van der Waals surface area contributed by atoms with E-state index in [2.05, 4.69) is 10.4 Å². The topological polar surface area (TPSA) is 84.2 Å². The monoisotopic (exact) mass is 265 g/mol. The molecule has 19 heavy (non-hydrogen) atoms. The highest BCUT2D eigenvalue weighted by Crippen LogP contribution is 2.24. The van der Waals surface area contributed by atoms with Gasteiger partial charge in [0, 0.05) is 31.4 Å². The van der Waals surface area contributed by atoms with Crippen LogP contribution in [-0.2, 0) is 16.1 Å². The first kappa shape index (κ1) is 13.6. The smallest absolute Gasteiger partial charge is 0.306 e. The second kappa shape index (κ2) is 6.36. The quantitative estimate of drug-likeness (QED) is 0.833. The number of carboxylic acids is 1. The molecule has 2 rings (SSSR count). The molecule has 1 fully saturated rings. The summed E-state index contributed by atoms with van der Waals surface area (Å²) >= 11 is 0. The first-order chi connectivity index (χ1) is 9.15. The molecule has 1 amide bonds. The Balaban J connectivity index is 1.67. The fourth-order valence-electron chi connectivity index (χ4n) is 2.43. The average molecular weight is 265 g/mol. The molecule has 0 unspecified atom stereocenters. The van der Waals surface area contributed by atoms with E-state index in [-0.39, 0.29) is 17.9 Å². The van der Waals surface area contributed by atoms with Crippen LogP contribution in [0.4, 0.5) is 0 Å². The van der Waals surface area contributed by atoms with Gasteiger partial charge in [0.05, 0.1) is 5.92 Å². The first-order valence-electron chi connectivity index (χ1n) is 6.65. The van der Waals surface area contributed by atoms with Crippen molar-refractivity contribution in [1.82, 2.24) is 15.1 Å². The number of hydrogen-bond donors (Lipinski definition) is 2. The molecular weight excluding hydrogens is 246 g/mol. The number of nitrogens with one attached hydrogen (secondary N) is 1. The van der Waals surface area contributed by atoms with Gasteiger partial charge in [-0.05, 0) is 31.7 Å². The van der Waals surface area contributed by atoms with Gasteiger partial charge in [0.1, 0.15) is 0 Å². The van der Waals surface area contributed by atoms with Gasteiger partial charge < -0.3 is 10.4 Å². The number of carbonyl (C=O) groups excluding carboxylic acids is 1. The molecule has 2 N–H and O–H groups in total. The molecule has 1 aromatic rings. The Bertz CT molecular complexity index is 422. The van der Waals surface area contributed by atoms with Crippen LogP contribution in [0.2, 0.25) is 0 Å². The van der Waals surface area contributed by atoms with Gasteiger partial charge in [0.2, 0.25) is 5.91 Å². The lowest BCUT2D eigenvalue weighted by Crippen LogP contribution is -2.39. The van der Waals surface area contributed by atoms with Crippen LogP contribution in [0.15, 0.2) is 18.5 Å². The maximum Gasteiger partial charge on any atom is 0.306 e. The van der Waals surface area contributed by atoms with E-state index >= 15 is 0 Å². The fraction of sp³-hybridized carbons (Fsp3) is 0.615. The van der Waals surface area contributed by atoms with E-state index in [1.54, 1.807) is 10.9 Å². The van der Waals surface area contributed by atoms with Crippen LogP contribution in [0.1, 0.15) is 32.1 Å². The molecular formula is C13H19N3O3. The summed E-state index contributed by atoms with van der Waals surface area (Å²) in [5, 5.41) is 15.9. The molecule has 0 spiro atoms. The third-order valence-corrected chi connectivity index (χ3v) is 3.57. The van der Waals surface area contributed by atoms with Crippen LogP contribution in [0, 0.1) is 5.92 Å². The predicted molar refractivity (Wildman–Crippen MR) is 68.4 cm³/mol. The largest absolute Gasteiger partial charge is 0.481 e. The van der Waals surface area contributed by atoms with Gasteiger partial charge >= 0.3 is 5.97 Å². The highest BCUT2D eigenvalue weighted by Gasteiger charge is 2.26. The standard InChI is InChI=1S/C13H19N3O3/c17-12(6-9-16-8-1-7-14-16)15-11-4-2-10(3-5-11)13(18)19/h1,7-8,10-11H,2-6,9H2,(H,15,17)(H,18,19). The van der Waals surface area contributed by atoms with E-state index in [4.69, 9.17) is 5.11 Å². The third-order valence-electron chi connectivity index (χ3n) is 3.57. The molecule has 1 aromatic heterocycles. The zero-order valence-corrected chi connectivity index (χ0v) is 10.8. The lowest BCUT2D eigenvalue weighted by Gasteiger charge is -2.26. The SMILES string of the molecule is O=C(CCn1cccn1)NC1CCC(C(=O)O)CC1. The maximum atomic E-state index is 11.8. The molecule has 1 heterocycles. The normalized spacial score (nSPS) is 22.9. The van der Waals surface area contributed by atoms with Crippen molar-refractivity contribution in [3.63, 3.8) is 0 Å². The number of aryl methyl sites for hydroxylation is 1. The molecule has 6 heteroatoms. The Kier molecular flexibility index (Phi) is 4.54. The van der Waals surface area contributed by atoms with E-state index in [1.165, 1.54) is 0 Å². The molecule has 1 saturated carbocycles. The van der Waals surface area contributed by atoms with Crippen molar-refractivity contribution in [1.29, 1.82) is 0 Å². The molecule has 0 saturated heterocycles. The van der Waals surface area contributed by atoms with Crippen LogP contribution >= 0.6 is 0 Å². The Morgan fingerprint density at radius 2 is 2.05 bits per heavy atom. The summed E-state index contributed by atoms with van der Waals surface area (Å²) in [6.07, 6.45) is 6.73. The highest BCUT2D eigenvalue weighted by molar-refractivity contribution is 5.76. The van der Waals surface area contributed by atoms with Gasteiger partial charge in [-0.25, -0.2) is 0 Å². The Morgan fingerprint density at radius 3 is 2.63 bits per heavy atom. The lowest BCUT2D eigenvalue weighted by atomic mass is 9.86. The zero-order chi connectivity index (χ0) is 13.7. The second-order valence-electron chi connectivity index (χ2n) is 4.97. The number of carboxylic acid groups (broad SMARTS) is 1. The summed E-state index contributed by atoms with van der Waals surface area (Å²) in [5.41, 5.74) is 0. The molecule has 1 aliphatic carbocycles. The van der Waals surface area contributed by atoms with Crippen molar-refractivity contribution < 1.29 is 14.7 Å². The lowest BCUT2D eigenvalue weighted by molar-refractivity contribution is -0.142. The summed E-state index contributed by atoms with van der Waals surface area (Å²) in [4.78, 5) is 22.6. The number of hydrogen-bond acceptors (Lipinski definition) is 3. The number of nitrogens with zero attached hydrogens (tertiary/aromatic N) is 2. The summed E-state index contributed by atoms with van der Waals surface area (Å²) in [6.45, 7) is 0.573. The van der Waals surface area contributed by atoms with Gasteiger partial charge in [-0.3, -0.25) is 14.3 Å². The Hall–Kier alpha value is -1.85. The zero-order valence-electron chi connectivity index (χ0n) is 10.8. The minimum absolute atomic E-state index is 0.00859. The van der Waals surface area contributed by atoms with E-state index in [0.717, 1.165) is 12.8 Å². The van der Waals surface area contributed by atoms with Gasteiger partial charge in [-0.2, -0.15) is 5.10 Å². The van der Waals surface area contributed by atoms with Gasteiger partial charge in [0.15, 0.2) is 0 Å². The minimum Gasteiger partial charge on any atom is -0.481 e. The Morgan fingerprint density at radius 1 is 1.32 bits per heavy atom. The summed E-state index contributed by atoms with van der Waals surface area (Å²) in [6, 6.07) is 1.95. The highest BCUT2D eigenvalue weighted by atomic mass is 16.4. The van der Waals surface area contributed by atoms with Crippen LogP contribution in [0.25, 0.3) is 0 Å². The van der Waals surface area contributed by atoms with Gasteiger partial charge in [0.25, 0.3) is 0 Å². The first-order valence-corrected chi connectivity index (χ1v) is 6.65. The van der Waals surface area contributed by atoms with Crippen LogP contribution in [0.5, 0.6) is 0 Å². The van der Waals surface area contributed by atoms with E-state index in [9.17, 15) is 9.59 Å². The van der Waals surface area contributed by atoms with Crippen LogP contribution in [-0.4, -0.2) is 32.8 Å². The van der Waals surface area contributed by atoms with Crippen LogP contribution in [0.3, 0.4) is 0 Å². The second-order valence-corrected chi connectivity index (χ2v) is 4.97. The minimum atomic E-state index is -0.719. The summed E-state index contributed by atoms with van der Waals surface area (Å²) in [5.74, 6) is -0.949. The molecule has 0 aromatic carbocycles. The molecule has 104 valence electrons. The summed E-state index contributed by atoms with van der Waals surface area (Å²) in [7, 11) is 0. The fourth-order valence-corrected chi connectivity index (χ4v) is 2.43. The van der Waals surface area contributed by atoms with Crippen molar-refractivity contribution in [3.8, 4) is 0 Å². The van der Waals surface area contributed by atoms with Crippen molar-refractivity contribution in [3.05, 3.63) is 18.5 Å². The van der Waals surface area contributed by atoms with Crippen molar-refractivity contribution >= 4 is 11.9 Å². The number of rotatable bonds is 5. The van der Waals surface area contributed by atoms with Gasteiger partial charge in [-0.15, -0.1) is 0 Å². The van der Waals surface area contributed by atoms with E-state index in [0.29, 0.717) is 25.8 Å². The molecule has 0 atom stereocenters. The molecule has 1 aliphatic rings. The van der Waals surface area contributed by atoms with Crippen molar-refractivity contribution in [2.75, 3.05) is 0 Å². The van der Waals surface area contributed by atoms with Gasteiger partial charge in [-0.1, -0.05) is 0 Å². The number of aromatic nitrogens is 2. The van der Waals surface area contributed by atoms with Crippen LogP contribution < -0.4 is 5.32 Å². The molecule has 0 aliphatic heterocycles. The van der Waals surface area contributed by atoms with Crippen molar-refractivity contribution in [2.24, 2.45) is 5.92 Å². The number of amides is 1. The van der Waals surface area contributed by atoms with E-state index < -0.39 is 5.97 Å². The number of aliphatic carboxylic acids is 1. The molecule has 0 bridgehead atoms. The Labute approximate surface area is 111 Å². The molecule has 0 radical (unpaired) electrons. The predicted octanol–water partition coefficient (Wildman–Crippen LogP) is 1.03. The maximum absolute atomic E-state index is 11.8. The number of carbonyl (C=O) groups is 2. The van der Waals surface area contributed by atoms with Crippen molar-refractivity contribution in [2.45, 2.75) is 44.7 Å². The van der Waals surface area contributed by atoms with E-state index in [1.807, 2.05) is 12.3 Å².